The van der Waals surface area contributed by atoms with E-state index in [4.69, 9.17) is 27.9 Å². The molecule has 5 heteroatoms. The smallest absolute Gasteiger partial charge is 0.224 e. The highest BCUT2D eigenvalue weighted by molar-refractivity contribution is 6.35. The Morgan fingerprint density at radius 2 is 1.96 bits per heavy atom. The predicted molar refractivity (Wildman–Crippen MR) is 94.5 cm³/mol. The lowest BCUT2D eigenvalue weighted by Crippen LogP contribution is -2.28. The quantitative estimate of drug-likeness (QED) is 0.845. The first-order valence-corrected chi connectivity index (χ1v) is 8.04. The summed E-state index contributed by atoms with van der Waals surface area (Å²) in [5, 5.41) is 4.07. The zero-order valence-corrected chi connectivity index (χ0v) is 14.8. The third-order valence-corrected chi connectivity index (χ3v) is 4.21. The number of hydrogen-bond donors (Lipinski definition) is 1. The minimum absolute atomic E-state index is 0.0746. The van der Waals surface area contributed by atoms with Crippen LogP contribution in [0.2, 0.25) is 10.0 Å². The number of nitrogens with one attached hydrogen (secondary N) is 1. The van der Waals surface area contributed by atoms with Crippen molar-refractivity contribution < 1.29 is 9.53 Å². The molecule has 1 atom stereocenters. The topological polar surface area (TPSA) is 38.3 Å². The number of carbonyl (C=O) groups excluding carboxylic acids is 1. The lowest BCUT2D eigenvalue weighted by molar-refractivity contribution is -0.121. The molecule has 1 amide bonds. The number of ether oxygens (including phenoxy) is 1. The summed E-state index contributed by atoms with van der Waals surface area (Å²) in [5.74, 6) is 0.707. The van der Waals surface area contributed by atoms with E-state index in [1.807, 2.05) is 38.1 Å². The van der Waals surface area contributed by atoms with Crippen molar-refractivity contribution in [2.45, 2.75) is 26.3 Å². The first kappa shape index (κ1) is 17.6. The molecule has 0 aliphatic carbocycles. The Balaban J connectivity index is 2.04. The van der Waals surface area contributed by atoms with Crippen LogP contribution in [-0.2, 0) is 11.2 Å². The van der Waals surface area contributed by atoms with Crippen molar-refractivity contribution in [3.63, 3.8) is 0 Å². The summed E-state index contributed by atoms with van der Waals surface area (Å²) in [4.78, 5) is 12.2. The summed E-state index contributed by atoms with van der Waals surface area (Å²) in [5.41, 5.74) is 2.78. The molecule has 2 rings (SSSR count). The summed E-state index contributed by atoms with van der Waals surface area (Å²) in [6, 6.07) is 10.8. The van der Waals surface area contributed by atoms with Crippen LogP contribution in [0.3, 0.4) is 0 Å². The number of amides is 1. The van der Waals surface area contributed by atoms with Gasteiger partial charge in [0.25, 0.3) is 0 Å². The van der Waals surface area contributed by atoms with Crippen molar-refractivity contribution in [1.29, 1.82) is 0 Å². The van der Waals surface area contributed by atoms with Gasteiger partial charge in [0.15, 0.2) is 0 Å². The molecule has 0 radical (unpaired) electrons. The van der Waals surface area contributed by atoms with E-state index in [2.05, 4.69) is 5.32 Å². The molecular weight excluding hydrogens is 333 g/mol. The summed E-state index contributed by atoms with van der Waals surface area (Å²) >= 11 is 12.1. The molecule has 0 saturated heterocycles. The van der Waals surface area contributed by atoms with Gasteiger partial charge in [-0.3, -0.25) is 4.79 Å². The Bertz CT molecular complexity index is 716. The van der Waals surface area contributed by atoms with E-state index < -0.39 is 0 Å². The Hall–Kier alpha value is -1.71. The van der Waals surface area contributed by atoms with E-state index in [0.29, 0.717) is 10.0 Å². The maximum Gasteiger partial charge on any atom is 0.224 e. The summed E-state index contributed by atoms with van der Waals surface area (Å²) in [7, 11) is 1.62. The standard InChI is InChI=1S/C18H19Cl2NO2/c1-11-4-5-13(8-17(11)23-3)9-18(22)21-12(2)15-7-6-14(19)10-16(15)20/h4-8,10,12H,9H2,1-3H3,(H,21,22). The maximum absolute atomic E-state index is 12.2. The number of hydrogen-bond acceptors (Lipinski definition) is 2. The average Bonchev–Trinajstić information content (AvgIpc) is 2.48. The number of benzene rings is 2. The van der Waals surface area contributed by atoms with Gasteiger partial charge < -0.3 is 10.1 Å². The SMILES string of the molecule is COc1cc(CC(=O)NC(C)c2ccc(Cl)cc2Cl)ccc1C. The van der Waals surface area contributed by atoms with Crippen molar-refractivity contribution in [1.82, 2.24) is 5.32 Å². The highest BCUT2D eigenvalue weighted by Crippen LogP contribution is 2.26. The fourth-order valence-corrected chi connectivity index (χ4v) is 2.95. The lowest BCUT2D eigenvalue weighted by Gasteiger charge is -2.16. The van der Waals surface area contributed by atoms with Crippen LogP contribution in [0.1, 0.15) is 29.7 Å². The fourth-order valence-electron chi connectivity index (χ4n) is 2.38. The van der Waals surface area contributed by atoms with E-state index >= 15 is 0 Å². The second-order valence-electron chi connectivity index (χ2n) is 5.44. The molecule has 0 bridgehead atoms. The Kier molecular flexibility index (Phi) is 5.91. The number of carbonyl (C=O) groups is 1. The molecule has 2 aromatic carbocycles. The van der Waals surface area contributed by atoms with Crippen molar-refractivity contribution >= 4 is 29.1 Å². The van der Waals surface area contributed by atoms with Gasteiger partial charge in [-0.25, -0.2) is 0 Å². The Morgan fingerprint density at radius 1 is 1.22 bits per heavy atom. The highest BCUT2D eigenvalue weighted by Gasteiger charge is 2.14. The maximum atomic E-state index is 12.2. The van der Waals surface area contributed by atoms with E-state index in [9.17, 15) is 4.79 Å². The van der Waals surface area contributed by atoms with Gasteiger partial charge in [-0.05, 0) is 48.7 Å². The molecule has 122 valence electrons. The zero-order valence-electron chi connectivity index (χ0n) is 13.3. The van der Waals surface area contributed by atoms with Gasteiger partial charge in [0.1, 0.15) is 5.75 Å². The van der Waals surface area contributed by atoms with Crippen LogP contribution in [0.15, 0.2) is 36.4 Å². The van der Waals surface area contributed by atoms with Crippen LogP contribution in [-0.4, -0.2) is 13.0 Å². The van der Waals surface area contributed by atoms with E-state index in [1.54, 1.807) is 19.2 Å². The van der Waals surface area contributed by atoms with Crippen LogP contribution < -0.4 is 10.1 Å². The van der Waals surface area contributed by atoms with Crippen LogP contribution in [0.4, 0.5) is 0 Å². The first-order valence-electron chi connectivity index (χ1n) is 7.28. The lowest BCUT2D eigenvalue weighted by atomic mass is 10.1. The Morgan fingerprint density at radius 3 is 2.61 bits per heavy atom. The molecule has 2 aromatic rings. The van der Waals surface area contributed by atoms with Crippen LogP contribution in [0, 0.1) is 6.92 Å². The number of aryl methyl sites for hydroxylation is 1. The van der Waals surface area contributed by atoms with Crippen LogP contribution in [0.25, 0.3) is 0 Å². The second kappa shape index (κ2) is 7.71. The fraction of sp³-hybridized carbons (Fsp3) is 0.278. The van der Waals surface area contributed by atoms with Crippen molar-refractivity contribution in [2.24, 2.45) is 0 Å². The molecule has 0 aliphatic rings. The van der Waals surface area contributed by atoms with Gasteiger partial charge >= 0.3 is 0 Å². The molecule has 0 fully saturated rings. The monoisotopic (exact) mass is 351 g/mol. The van der Waals surface area contributed by atoms with Gasteiger partial charge in [-0.2, -0.15) is 0 Å². The third-order valence-electron chi connectivity index (χ3n) is 3.64. The van der Waals surface area contributed by atoms with Crippen LogP contribution in [0.5, 0.6) is 5.75 Å². The van der Waals surface area contributed by atoms with Gasteiger partial charge in [-0.15, -0.1) is 0 Å². The molecular formula is C18H19Cl2NO2. The van der Waals surface area contributed by atoms with E-state index in [0.717, 1.165) is 22.4 Å². The van der Waals surface area contributed by atoms with Gasteiger partial charge in [0, 0.05) is 10.0 Å². The van der Waals surface area contributed by atoms with Gasteiger partial charge in [0.2, 0.25) is 5.91 Å². The normalized spacial score (nSPS) is 11.9. The first-order chi connectivity index (χ1) is 10.9. The molecule has 0 heterocycles. The van der Waals surface area contributed by atoms with Crippen molar-refractivity contribution in [3.8, 4) is 5.75 Å². The predicted octanol–water partition coefficient (Wildman–Crippen LogP) is 4.73. The van der Waals surface area contributed by atoms with Crippen molar-refractivity contribution in [2.75, 3.05) is 7.11 Å². The van der Waals surface area contributed by atoms with Gasteiger partial charge in [-0.1, -0.05) is 41.4 Å². The van der Waals surface area contributed by atoms with Crippen molar-refractivity contribution in [3.05, 3.63) is 63.1 Å². The summed E-state index contributed by atoms with van der Waals surface area (Å²) in [6.07, 6.45) is 0.284. The molecule has 0 spiro atoms. The largest absolute Gasteiger partial charge is 0.496 e. The van der Waals surface area contributed by atoms with Gasteiger partial charge in [0.05, 0.1) is 19.6 Å². The minimum atomic E-state index is -0.195. The second-order valence-corrected chi connectivity index (χ2v) is 6.28. The third kappa shape index (κ3) is 4.63. The molecule has 0 aromatic heterocycles. The molecule has 0 aliphatic heterocycles. The van der Waals surface area contributed by atoms with E-state index in [1.165, 1.54) is 0 Å². The Labute approximate surface area is 146 Å². The highest BCUT2D eigenvalue weighted by atomic mass is 35.5. The number of halogens is 2. The molecule has 1 unspecified atom stereocenters. The minimum Gasteiger partial charge on any atom is -0.496 e. The molecule has 3 nitrogen and oxygen atoms in total. The summed E-state index contributed by atoms with van der Waals surface area (Å²) in [6.45, 7) is 3.86. The zero-order chi connectivity index (χ0) is 17.0. The molecule has 1 N–H and O–H groups in total. The average molecular weight is 352 g/mol. The summed E-state index contributed by atoms with van der Waals surface area (Å²) < 4.78 is 5.28. The number of rotatable bonds is 5. The van der Waals surface area contributed by atoms with Crippen LogP contribution >= 0.6 is 23.2 Å². The molecule has 23 heavy (non-hydrogen) atoms. The van der Waals surface area contributed by atoms with E-state index in [-0.39, 0.29) is 18.4 Å². The number of methoxy groups -OCH3 is 1. The molecule has 0 saturated carbocycles.